The van der Waals surface area contributed by atoms with E-state index in [4.69, 9.17) is 20.4 Å². The fourth-order valence-corrected chi connectivity index (χ4v) is 1.48. The van der Waals surface area contributed by atoms with Crippen LogP contribution in [0.1, 0.15) is 0 Å². The molecule has 0 aromatic rings. The first-order chi connectivity index (χ1) is 9.20. The molecule has 0 spiro atoms. The molecular weight excluding hydrogens is 430 g/mol. The summed E-state index contributed by atoms with van der Waals surface area (Å²) in [6.07, 6.45) is 0. The number of aliphatic carboxylic acids is 4. The Labute approximate surface area is 180 Å². The zero-order valence-electron chi connectivity index (χ0n) is 12.0. The van der Waals surface area contributed by atoms with Crippen LogP contribution < -0.4 is 0 Å². The minimum atomic E-state index is -1.23. The Morgan fingerprint density at radius 3 is 0.870 bits per heavy atom. The third kappa shape index (κ3) is 20.0. The maximum absolute atomic E-state index is 10.6. The molecule has 10 nitrogen and oxygen atoms in total. The summed E-state index contributed by atoms with van der Waals surface area (Å²) in [5.41, 5.74) is 0. The molecular formula is C10H17N2NaO8Zn2. The summed E-state index contributed by atoms with van der Waals surface area (Å²) >= 11 is 0. The molecule has 0 unspecified atom stereocenters. The number of hydrogen-bond acceptors (Lipinski definition) is 6. The smallest absolute Gasteiger partial charge is 0 e. The second-order valence-electron chi connectivity index (χ2n) is 4.00. The molecule has 0 saturated heterocycles. The summed E-state index contributed by atoms with van der Waals surface area (Å²) in [4.78, 5) is 44.4. The first-order valence-electron chi connectivity index (χ1n) is 5.52. The molecule has 0 bridgehead atoms. The predicted octanol–water partition coefficient (Wildman–Crippen LogP) is -2.72. The summed E-state index contributed by atoms with van der Waals surface area (Å²) in [6, 6.07) is 0. The fourth-order valence-electron chi connectivity index (χ4n) is 1.48. The zero-order chi connectivity index (χ0) is 15.7. The number of rotatable bonds is 11. The Morgan fingerprint density at radius 1 is 0.565 bits per heavy atom. The van der Waals surface area contributed by atoms with Gasteiger partial charge in [-0.2, -0.15) is 0 Å². The number of nitrogens with zero attached hydrogens (tertiary/aromatic N) is 2. The van der Waals surface area contributed by atoms with Gasteiger partial charge in [0.05, 0.1) is 26.2 Å². The molecule has 0 amide bonds. The summed E-state index contributed by atoms with van der Waals surface area (Å²) in [6.45, 7) is -2.25. The molecule has 0 aliphatic rings. The first kappa shape index (κ1) is 30.9. The van der Waals surface area contributed by atoms with E-state index in [0.717, 1.165) is 9.80 Å². The Bertz CT molecular complexity index is 331. The van der Waals surface area contributed by atoms with Gasteiger partial charge in [0.25, 0.3) is 0 Å². The number of hydrogen-bond donors (Lipinski definition) is 4. The molecule has 0 rings (SSSR count). The zero-order valence-corrected chi connectivity index (χ0v) is 17.9. The Morgan fingerprint density at radius 2 is 0.739 bits per heavy atom. The standard InChI is InChI=1S/C10H16N2O8.Na.2Zn.H/c13-7(14)3-11(4-8(15)16)1-2-12(5-9(17)18)6-10(19)20;;;;/h1-6H2,(H,13,14)(H,15,16)(H,17,18)(H,19,20);;;;. The first-order valence-corrected chi connectivity index (χ1v) is 5.52. The van der Waals surface area contributed by atoms with E-state index in [1.807, 2.05) is 0 Å². The van der Waals surface area contributed by atoms with Crippen molar-refractivity contribution in [3.63, 3.8) is 0 Å². The van der Waals surface area contributed by atoms with Gasteiger partial charge >= 0.3 is 53.4 Å². The van der Waals surface area contributed by atoms with Crippen LogP contribution in [0, 0.1) is 0 Å². The van der Waals surface area contributed by atoms with Crippen LogP contribution in [0.2, 0.25) is 0 Å². The molecule has 0 aromatic carbocycles. The van der Waals surface area contributed by atoms with E-state index in [1.165, 1.54) is 0 Å². The third-order valence-corrected chi connectivity index (χ3v) is 2.17. The van der Waals surface area contributed by atoms with Crippen molar-refractivity contribution >= 4 is 53.4 Å². The van der Waals surface area contributed by atoms with Crippen LogP contribution in [0.25, 0.3) is 0 Å². The van der Waals surface area contributed by atoms with Crippen molar-refractivity contribution in [2.45, 2.75) is 0 Å². The molecule has 4 N–H and O–H groups in total. The molecule has 0 radical (unpaired) electrons. The Balaban J connectivity index is -0.000000602. The molecule has 0 atom stereocenters. The SMILES string of the molecule is O=C(O)CN(CCN(CC(=O)O)CC(=O)O)CC(=O)O.[NaH].[Zn].[Zn]. The summed E-state index contributed by atoms with van der Waals surface area (Å²) in [5, 5.41) is 34.5. The molecule has 120 valence electrons. The molecule has 0 saturated carbocycles. The molecule has 13 heteroatoms. The van der Waals surface area contributed by atoms with Crippen molar-refractivity contribution in [3.05, 3.63) is 0 Å². The third-order valence-electron chi connectivity index (χ3n) is 2.17. The summed E-state index contributed by atoms with van der Waals surface area (Å²) < 4.78 is 0. The van der Waals surface area contributed by atoms with Crippen LogP contribution in [0.3, 0.4) is 0 Å². The number of carbonyl (C=O) groups is 4. The second-order valence-corrected chi connectivity index (χ2v) is 4.00. The van der Waals surface area contributed by atoms with Gasteiger partial charge in [-0.25, -0.2) is 0 Å². The minimum Gasteiger partial charge on any atom is 0 e. The van der Waals surface area contributed by atoms with Gasteiger partial charge in [0.2, 0.25) is 0 Å². The van der Waals surface area contributed by atoms with Crippen LogP contribution in [0.15, 0.2) is 0 Å². The normalized spacial score (nSPS) is 9.30. The van der Waals surface area contributed by atoms with E-state index < -0.39 is 50.1 Å². The van der Waals surface area contributed by atoms with Gasteiger partial charge in [0, 0.05) is 52.0 Å². The van der Waals surface area contributed by atoms with E-state index in [0.29, 0.717) is 0 Å². The molecule has 0 aliphatic carbocycles. The van der Waals surface area contributed by atoms with Crippen molar-refractivity contribution in [2.24, 2.45) is 0 Å². The largest absolute Gasteiger partial charge is 0 e. The maximum Gasteiger partial charge on any atom is 0 e. The van der Waals surface area contributed by atoms with Crippen molar-refractivity contribution < 1.29 is 78.6 Å². The molecule has 0 fully saturated rings. The number of carboxylic acid groups (broad SMARTS) is 4. The van der Waals surface area contributed by atoms with Gasteiger partial charge in [0.1, 0.15) is 0 Å². The van der Waals surface area contributed by atoms with E-state index >= 15 is 0 Å². The van der Waals surface area contributed by atoms with E-state index in [1.54, 1.807) is 0 Å². The van der Waals surface area contributed by atoms with Crippen LogP contribution >= 0.6 is 0 Å². The van der Waals surface area contributed by atoms with Crippen LogP contribution in [-0.2, 0) is 58.1 Å². The van der Waals surface area contributed by atoms with Crippen molar-refractivity contribution in [1.82, 2.24) is 9.80 Å². The second kappa shape index (κ2) is 16.9. The van der Waals surface area contributed by atoms with Gasteiger partial charge in [-0.15, -0.1) is 0 Å². The van der Waals surface area contributed by atoms with Crippen molar-refractivity contribution in [1.29, 1.82) is 0 Å². The Kier molecular flexibility index (Phi) is 22.7. The van der Waals surface area contributed by atoms with Gasteiger partial charge in [0.15, 0.2) is 0 Å². The number of carboxylic acids is 4. The van der Waals surface area contributed by atoms with Crippen LogP contribution in [-0.4, -0.2) is 123 Å². The van der Waals surface area contributed by atoms with E-state index in [2.05, 4.69) is 0 Å². The Hall–Kier alpha value is 0.0468. The monoisotopic (exact) mass is 444 g/mol. The minimum absolute atomic E-state index is 0. The average Bonchev–Trinajstić information content (AvgIpc) is 2.22. The van der Waals surface area contributed by atoms with Gasteiger partial charge in [-0.05, 0) is 0 Å². The molecule has 0 heterocycles. The maximum atomic E-state index is 10.6. The van der Waals surface area contributed by atoms with Crippen molar-refractivity contribution in [3.8, 4) is 0 Å². The van der Waals surface area contributed by atoms with Crippen molar-refractivity contribution in [2.75, 3.05) is 39.3 Å². The molecule has 23 heavy (non-hydrogen) atoms. The van der Waals surface area contributed by atoms with Gasteiger partial charge in [-0.1, -0.05) is 0 Å². The van der Waals surface area contributed by atoms with Gasteiger partial charge < -0.3 is 20.4 Å². The average molecular weight is 447 g/mol. The summed E-state index contributed by atoms with van der Waals surface area (Å²) in [5.74, 6) is -4.91. The van der Waals surface area contributed by atoms with Crippen LogP contribution in [0.5, 0.6) is 0 Å². The van der Waals surface area contributed by atoms with E-state index in [9.17, 15) is 19.2 Å². The quantitative estimate of drug-likeness (QED) is 0.246. The molecule has 0 aromatic heterocycles. The topological polar surface area (TPSA) is 156 Å². The van der Waals surface area contributed by atoms with Crippen LogP contribution in [0.4, 0.5) is 0 Å². The molecule has 0 aliphatic heterocycles. The van der Waals surface area contributed by atoms with Gasteiger partial charge in [-0.3, -0.25) is 29.0 Å². The summed E-state index contributed by atoms with van der Waals surface area (Å²) in [7, 11) is 0. The predicted molar refractivity (Wildman–Crippen MR) is 70.6 cm³/mol. The van der Waals surface area contributed by atoms with E-state index in [-0.39, 0.29) is 81.6 Å². The fraction of sp³-hybridized carbons (Fsp3) is 0.600.